The lowest BCUT2D eigenvalue weighted by atomic mass is 10.1. The van der Waals surface area contributed by atoms with Crippen LogP contribution in [0.5, 0.6) is 0 Å². The molecule has 0 atom stereocenters. The monoisotopic (exact) mass is 228 g/mol. The molecule has 4 nitrogen and oxygen atoms in total. The van der Waals surface area contributed by atoms with Gasteiger partial charge in [0.15, 0.2) is 0 Å². The van der Waals surface area contributed by atoms with E-state index < -0.39 is 10.0 Å². The third-order valence-electron chi connectivity index (χ3n) is 1.89. The average Bonchev–Trinajstić information content (AvgIpc) is 2.05. The smallest absolute Gasteiger partial charge is 0.213 e. The molecule has 0 aromatic heterocycles. The van der Waals surface area contributed by atoms with Crippen LogP contribution in [-0.2, 0) is 22.3 Å². The van der Waals surface area contributed by atoms with Crippen molar-refractivity contribution in [3.8, 4) is 0 Å². The Morgan fingerprint density at radius 3 is 2.00 bits per heavy atom. The van der Waals surface area contributed by atoms with Gasteiger partial charge in [0.1, 0.15) is 0 Å². The number of sulfonamides is 1. The third kappa shape index (κ3) is 4.92. The average molecular weight is 228 g/mol. The van der Waals surface area contributed by atoms with Crippen molar-refractivity contribution >= 4 is 10.0 Å². The van der Waals surface area contributed by atoms with E-state index in [9.17, 15) is 8.42 Å². The summed E-state index contributed by atoms with van der Waals surface area (Å²) in [6.07, 6.45) is 0. The van der Waals surface area contributed by atoms with E-state index in [1.165, 1.54) is 0 Å². The zero-order valence-electron chi connectivity index (χ0n) is 8.97. The number of nitrogens with zero attached hydrogens (tertiary/aromatic N) is 1. The van der Waals surface area contributed by atoms with Crippen LogP contribution in [0.3, 0.4) is 0 Å². The molecule has 0 bridgehead atoms. The number of rotatable bonds is 4. The van der Waals surface area contributed by atoms with Gasteiger partial charge in [-0.25, -0.2) is 13.6 Å². The molecule has 2 N–H and O–H groups in total. The number of hydrogen-bond donors (Lipinski definition) is 1. The van der Waals surface area contributed by atoms with E-state index in [1.807, 2.05) is 26.2 Å². The van der Waals surface area contributed by atoms with Gasteiger partial charge in [-0.3, -0.25) is 0 Å². The molecule has 0 amide bonds. The second-order valence-electron chi connectivity index (χ2n) is 3.86. The molecule has 0 unspecified atom stereocenters. The molecule has 5 heteroatoms. The normalized spacial score (nSPS) is 12.0. The van der Waals surface area contributed by atoms with Crippen molar-refractivity contribution in [2.75, 3.05) is 14.1 Å². The number of primary sulfonamides is 1. The van der Waals surface area contributed by atoms with Gasteiger partial charge in [-0.2, -0.15) is 0 Å². The molecule has 15 heavy (non-hydrogen) atoms. The Hall–Kier alpha value is -0.910. The lowest BCUT2D eigenvalue weighted by Crippen LogP contribution is -2.14. The maximum Gasteiger partial charge on any atom is 0.213 e. The van der Waals surface area contributed by atoms with Crippen LogP contribution in [0.4, 0.5) is 0 Å². The molecule has 0 fully saturated rings. The third-order valence-corrected chi connectivity index (χ3v) is 2.63. The van der Waals surface area contributed by atoms with Gasteiger partial charge in [0.2, 0.25) is 10.0 Å². The predicted molar refractivity (Wildman–Crippen MR) is 60.6 cm³/mol. The van der Waals surface area contributed by atoms with Crippen LogP contribution >= 0.6 is 0 Å². The first-order valence-electron chi connectivity index (χ1n) is 4.60. The molecule has 0 aliphatic carbocycles. The highest BCUT2D eigenvalue weighted by molar-refractivity contribution is 7.88. The zero-order valence-corrected chi connectivity index (χ0v) is 9.79. The highest BCUT2D eigenvalue weighted by Crippen LogP contribution is 2.08. The Morgan fingerprint density at radius 2 is 1.60 bits per heavy atom. The minimum atomic E-state index is -3.42. The molecule has 0 aliphatic rings. The Labute approximate surface area is 90.8 Å². The van der Waals surface area contributed by atoms with Crippen molar-refractivity contribution < 1.29 is 8.42 Å². The fourth-order valence-electron chi connectivity index (χ4n) is 1.34. The second kappa shape index (κ2) is 4.74. The van der Waals surface area contributed by atoms with E-state index in [2.05, 4.69) is 4.90 Å². The molecule has 1 aromatic rings. The quantitative estimate of drug-likeness (QED) is 0.818. The van der Waals surface area contributed by atoms with Crippen LogP contribution in [0.1, 0.15) is 11.1 Å². The molecule has 0 saturated heterocycles. The molecule has 0 spiro atoms. The van der Waals surface area contributed by atoms with E-state index in [0.29, 0.717) is 0 Å². The van der Waals surface area contributed by atoms with Gasteiger partial charge in [0.25, 0.3) is 0 Å². The van der Waals surface area contributed by atoms with Crippen molar-refractivity contribution in [3.05, 3.63) is 35.4 Å². The summed E-state index contributed by atoms with van der Waals surface area (Å²) < 4.78 is 21.7. The summed E-state index contributed by atoms with van der Waals surface area (Å²) in [6.45, 7) is 0.843. The molecule has 84 valence electrons. The van der Waals surface area contributed by atoms with Gasteiger partial charge >= 0.3 is 0 Å². The fourth-order valence-corrected chi connectivity index (χ4v) is 2.00. The van der Waals surface area contributed by atoms with E-state index in [-0.39, 0.29) is 5.75 Å². The first-order valence-corrected chi connectivity index (χ1v) is 6.31. The predicted octanol–water partition coefficient (Wildman–Crippen LogP) is 0.537. The van der Waals surface area contributed by atoms with Crippen molar-refractivity contribution in [3.63, 3.8) is 0 Å². The largest absolute Gasteiger partial charge is 0.305 e. The van der Waals surface area contributed by atoms with Crippen molar-refractivity contribution in [1.29, 1.82) is 0 Å². The molecular weight excluding hydrogens is 212 g/mol. The Balaban J connectivity index is 2.73. The molecule has 0 radical (unpaired) electrons. The van der Waals surface area contributed by atoms with Crippen LogP contribution in [-0.4, -0.2) is 27.4 Å². The van der Waals surface area contributed by atoms with Gasteiger partial charge in [-0.05, 0) is 25.2 Å². The van der Waals surface area contributed by atoms with Crippen LogP contribution in [0.25, 0.3) is 0 Å². The van der Waals surface area contributed by atoms with E-state index in [4.69, 9.17) is 5.14 Å². The Bertz CT molecular complexity index is 410. The lowest BCUT2D eigenvalue weighted by molar-refractivity contribution is 0.402. The minimum absolute atomic E-state index is 0.102. The van der Waals surface area contributed by atoms with Crippen molar-refractivity contribution in [2.45, 2.75) is 12.3 Å². The van der Waals surface area contributed by atoms with Gasteiger partial charge in [-0.1, -0.05) is 24.3 Å². The number of benzene rings is 1. The fraction of sp³-hybridized carbons (Fsp3) is 0.400. The summed E-state index contributed by atoms with van der Waals surface area (Å²) in [6, 6.07) is 7.42. The summed E-state index contributed by atoms with van der Waals surface area (Å²) in [4.78, 5) is 2.05. The Kier molecular flexibility index (Phi) is 3.84. The topological polar surface area (TPSA) is 63.4 Å². The second-order valence-corrected chi connectivity index (χ2v) is 5.48. The van der Waals surface area contributed by atoms with Crippen molar-refractivity contribution in [1.82, 2.24) is 4.90 Å². The molecular formula is C10H16N2O2S. The number of nitrogens with two attached hydrogens (primary N) is 1. The van der Waals surface area contributed by atoms with Gasteiger partial charge in [0, 0.05) is 6.54 Å². The standard InChI is InChI=1S/C10H16N2O2S/c1-12(2)7-9-3-5-10(6-4-9)8-15(11,13)14/h3-6H,7-8H2,1-2H3,(H2,11,13,14). The van der Waals surface area contributed by atoms with Gasteiger partial charge in [0.05, 0.1) is 5.75 Å². The first kappa shape index (κ1) is 12.2. The number of hydrogen-bond acceptors (Lipinski definition) is 3. The van der Waals surface area contributed by atoms with Crippen LogP contribution in [0, 0.1) is 0 Å². The summed E-state index contributed by atoms with van der Waals surface area (Å²) in [7, 11) is 0.545. The molecule has 1 aromatic carbocycles. The highest BCUT2D eigenvalue weighted by Gasteiger charge is 2.04. The highest BCUT2D eigenvalue weighted by atomic mass is 32.2. The molecule has 0 heterocycles. The minimum Gasteiger partial charge on any atom is -0.305 e. The zero-order chi connectivity index (χ0) is 11.5. The van der Waals surface area contributed by atoms with E-state index >= 15 is 0 Å². The van der Waals surface area contributed by atoms with Gasteiger partial charge < -0.3 is 4.90 Å². The maximum absolute atomic E-state index is 10.8. The first-order chi connectivity index (χ1) is 6.87. The molecule has 1 rings (SSSR count). The molecule has 0 saturated carbocycles. The van der Waals surface area contributed by atoms with Gasteiger partial charge in [-0.15, -0.1) is 0 Å². The summed E-state index contributed by atoms with van der Waals surface area (Å²) in [5, 5.41) is 4.95. The van der Waals surface area contributed by atoms with Crippen LogP contribution in [0.2, 0.25) is 0 Å². The lowest BCUT2D eigenvalue weighted by Gasteiger charge is -2.09. The Morgan fingerprint density at radius 1 is 1.13 bits per heavy atom. The van der Waals surface area contributed by atoms with Crippen molar-refractivity contribution in [2.24, 2.45) is 5.14 Å². The van der Waals surface area contributed by atoms with E-state index in [0.717, 1.165) is 17.7 Å². The maximum atomic E-state index is 10.8. The summed E-state index contributed by atoms with van der Waals surface area (Å²) in [5.41, 5.74) is 1.87. The van der Waals surface area contributed by atoms with Crippen LogP contribution < -0.4 is 5.14 Å². The van der Waals surface area contributed by atoms with Crippen LogP contribution in [0.15, 0.2) is 24.3 Å². The SMILES string of the molecule is CN(C)Cc1ccc(CS(N)(=O)=O)cc1. The van der Waals surface area contributed by atoms with E-state index in [1.54, 1.807) is 12.1 Å². The molecule has 0 aliphatic heterocycles. The summed E-state index contributed by atoms with van der Waals surface area (Å²) in [5.74, 6) is -0.102. The summed E-state index contributed by atoms with van der Waals surface area (Å²) >= 11 is 0.